The number of hydrogen-bond acceptors (Lipinski definition) is 3. The molecule has 0 aliphatic heterocycles. The monoisotopic (exact) mass is 238 g/mol. The van der Waals surface area contributed by atoms with Crippen LogP contribution in [0.1, 0.15) is 42.5 Å². The maximum Gasteiger partial charge on any atom is 0.252 e. The number of nitrogens with one attached hydrogen (secondary N) is 1. The molecule has 1 fully saturated rings. The lowest BCUT2D eigenvalue weighted by atomic mass is 9.82. The van der Waals surface area contributed by atoms with E-state index in [9.17, 15) is 4.79 Å². The van der Waals surface area contributed by atoms with E-state index >= 15 is 0 Å². The molecule has 0 aromatic carbocycles. The first-order valence-electron chi connectivity index (χ1n) is 5.79. The molecule has 0 bridgehead atoms. The van der Waals surface area contributed by atoms with Crippen LogP contribution in [-0.2, 0) is 0 Å². The number of thiophene rings is 1. The van der Waals surface area contributed by atoms with Gasteiger partial charge in [-0.3, -0.25) is 4.79 Å². The standard InChI is InChI=1S/C12H18N2OS/c13-12(5-2-1-3-6-12)9-14-11(15)10-4-7-16-8-10/h4,7-8H,1-3,5-6,9,13H2,(H,14,15). The van der Waals surface area contributed by atoms with Crippen molar-refractivity contribution in [3.63, 3.8) is 0 Å². The molecule has 3 N–H and O–H groups in total. The summed E-state index contributed by atoms with van der Waals surface area (Å²) in [7, 11) is 0. The van der Waals surface area contributed by atoms with Crippen LogP contribution in [-0.4, -0.2) is 18.0 Å². The molecule has 1 aromatic rings. The summed E-state index contributed by atoms with van der Waals surface area (Å²) in [6.07, 6.45) is 5.70. The van der Waals surface area contributed by atoms with Crippen LogP contribution in [0, 0.1) is 0 Å². The van der Waals surface area contributed by atoms with E-state index in [4.69, 9.17) is 5.73 Å². The van der Waals surface area contributed by atoms with Gasteiger partial charge < -0.3 is 11.1 Å². The normalized spacial score (nSPS) is 19.3. The summed E-state index contributed by atoms with van der Waals surface area (Å²) in [5.41, 5.74) is 6.81. The van der Waals surface area contributed by atoms with Gasteiger partial charge in [0.2, 0.25) is 0 Å². The molecule has 0 radical (unpaired) electrons. The van der Waals surface area contributed by atoms with Gasteiger partial charge in [0.1, 0.15) is 0 Å². The van der Waals surface area contributed by atoms with E-state index in [2.05, 4.69) is 5.32 Å². The Kier molecular flexibility index (Phi) is 3.61. The summed E-state index contributed by atoms with van der Waals surface area (Å²) >= 11 is 1.54. The average molecular weight is 238 g/mol. The van der Waals surface area contributed by atoms with E-state index in [0.29, 0.717) is 6.54 Å². The summed E-state index contributed by atoms with van der Waals surface area (Å²) in [6, 6.07) is 1.84. The van der Waals surface area contributed by atoms with Gasteiger partial charge in [-0.1, -0.05) is 19.3 Å². The number of amides is 1. The Bertz CT molecular complexity index is 342. The number of hydrogen-bond donors (Lipinski definition) is 2. The molecular formula is C12H18N2OS. The van der Waals surface area contributed by atoms with E-state index in [-0.39, 0.29) is 11.4 Å². The topological polar surface area (TPSA) is 55.1 Å². The molecule has 1 amide bonds. The van der Waals surface area contributed by atoms with Gasteiger partial charge in [0, 0.05) is 23.0 Å². The van der Waals surface area contributed by atoms with Crippen molar-refractivity contribution >= 4 is 17.2 Å². The zero-order valence-electron chi connectivity index (χ0n) is 9.37. The number of nitrogens with two attached hydrogens (primary N) is 1. The predicted octanol–water partition coefficient (Wildman–Crippen LogP) is 2.14. The second-order valence-corrected chi connectivity index (χ2v) is 5.40. The van der Waals surface area contributed by atoms with Crippen LogP contribution in [0.25, 0.3) is 0 Å². The molecule has 2 rings (SSSR count). The summed E-state index contributed by atoms with van der Waals surface area (Å²) in [5, 5.41) is 6.71. The summed E-state index contributed by atoms with van der Waals surface area (Å²) in [4.78, 5) is 11.7. The first-order chi connectivity index (χ1) is 7.70. The minimum Gasteiger partial charge on any atom is -0.350 e. The van der Waals surface area contributed by atoms with Crippen molar-refractivity contribution < 1.29 is 4.79 Å². The maximum atomic E-state index is 11.7. The first kappa shape index (κ1) is 11.6. The van der Waals surface area contributed by atoms with Crippen molar-refractivity contribution in [1.82, 2.24) is 5.32 Å². The fourth-order valence-corrected chi connectivity index (χ4v) is 2.82. The quantitative estimate of drug-likeness (QED) is 0.847. The van der Waals surface area contributed by atoms with Gasteiger partial charge in [-0.25, -0.2) is 0 Å². The van der Waals surface area contributed by atoms with Crippen LogP contribution in [0.3, 0.4) is 0 Å². The van der Waals surface area contributed by atoms with Crippen molar-refractivity contribution in [3.8, 4) is 0 Å². The highest BCUT2D eigenvalue weighted by molar-refractivity contribution is 7.08. The number of carbonyl (C=O) groups excluding carboxylic acids is 1. The fourth-order valence-electron chi connectivity index (χ4n) is 2.18. The third-order valence-electron chi connectivity index (χ3n) is 3.23. The Labute approximate surface area is 100 Å². The molecule has 0 unspecified atom stereocenters. The third-order valence-corrected chi connectivity index (χ3v) is 3.92. The molecular weight excluding hydrogens is 220 g/mol. The van der Waals surface area contributed by atoms with Crippen LogP contribution in [0.2, 0.25) is 0 Å². The van der Waals surface area contributed by atoms with Crippen LogP contribution in [0.15, 0.2) is 16.8 Å². The van der Waals surface area contributed by atoms with E-state index < -0.39 is 0 Å². The Balaban J connectivity index is 1.84. The van der Waals surface area contributed by atoms with Gasteiger partial charge in [-0.15, -0.1) is 0 Å². The summed E-state index contributed by atoms with van der Waals surface area (Å²) < 4.78 is 0. The fraction of sp³-hybridized carbons (Fsp3) is 0.583. The average Bonchev–Trinajstić information content (AvgIpc) is 2.80. The van der Waals surface area contributed by atoms with Gasteiger partial charge in [-0.05, 0) is 24.3 Å². The van der Waals surface area contributed by atoms with E-state index in [1.165, 1.54) is 30.6 Å². The Morgan fingerprint density at radius 1 is 1.44 bits per heavy atom. The Morgan fingerprint density at radius 2 is 2.19 bits per heavy atom. The van der Waals surface area contributed by atoms with Crippen LogP contribution < -0.4 is 11.1 Å². The molecule has 0 saturated heterocycles. The molecule has 1 heterocycles. The molecule has 88 valence electrons. The van der Waals surface area contributed by atoms with Gasteiger partial charge in [-0.2, -0.15) is 11.3 Å². The largest absolute Gasteiger partial charge is 0.350 e. The molecule has 4 heteroatoms. The van der Waals surface area contributed by atoms with Gasteiger partial charge in [0.25, 0.3) is 5.91 Å². The molecule has 0 atom stereocenters. The van der Waals surface area contributed by atoms with Crippen molar-refractivity contribution in [2.24, 2.45) is 5.73 Å². The molecule has 1 aliphatic carbocycles. The second-order valence-electron chi connectivity index (χ2n) is 4.62. The highest BCUT2D eigenvalue weighted by Crippen LogP contribution is 2.25. The van der Waals surface area contributed by atoms with Crippen LogP contribution in [0.5, 0.6) is 0 Å². The van der Waals surface area contributed by atoms with Gasteiger partial charge >= 0.3 is 0 Å². The molecule has 0 spiro atoms. The number of carbonyl (C=O) groups is 1. The lowest BCUT2D eigenvalue weighted by Crippen LogP contribution is -2.51. The van der Waals surface area contributed by atoms with E-state index in [1.807, 2.05) is 16.8 Å². The van der Waals surface area contributed by atoms with Crippen molar-refractivity contribution in [1.29, 1.82) is 0 Å². The zero-order chi connectivity index (χ0) is 11.4. The molecule has 3 nitrogen and oxygen atoms in total. The minimum absolute atomic E-state index is 0.00310. The zero-order valence-corrected chi connectivity index (χ0v) is 10.2. The highest BCUT2D eigenvalue weighted by atomic mass is 32.1. The molecule has 16 heavy (non-hydrogen) atoms. The van der Waals surface area contributed by atoms with Crippen molar-refractivity contribution in [3.05, 3.63) is 22.4 Å². The smallest absolute Gasteiger partial charge is 0.252 e. The summed E-state index contributed by atoms with van der Waals surface area (Å²) in [6.45, 7) is 0.599. The second kappa shape index (κ2) is 4.97. The maximum absolute atomic E-state index is 11.7. The van der Waals surface area contributed by atoms with E-state index in [0.717, 1.165) is 18.4 Å². The van der Waals surface area contributed by atoms with Crippen molar-refractivity contribution in [2.75, 3.05) is 6.54 Å². The number of rotatable bonds is 3. The Morgan fingerprint density at radius 3 is 2.81 bits per heavy atom. The highest BCUT2D eigenvalue weighted by Gasteiger charge is 2.27. The lowest BCUT2D eigenvalue weighted by molar-refractivity contribution is 0.0938. The van der Waals surface area contributed by atoms with Crippen LogP contribution >= 0.6 is 11.3 Å². The van der Waals surface area contributed by atoms with E-state index in [1.54, 1.807) is 0 Å². The van der Waals surface area contributed by atoms with Gasteiger partial charge in [0.15, 0.2) is 0 Å². The lowest BCUT2D eigenvalue weighted by Gasteiger charge is -2.33. The van der Waals surface area contributed by atoms with Crippen molar-refractivity contribution in [2.45, 2.75) is 37.6 Å². The third kappa shape index (κ3) is 2.83. The molecule has 1 aromatic heterocycles. The van der Waals surface area contributed by atoms with Gasteiger partial charge in [0.05, 0.1) is 0 Å². The van der Waals surface area contributed by atoms with Crippen LogP contribution in [0.4, 0.5) is 0 Å². The predicted molar refractivity (Wildman–Crippen MR) is 66.7 cm³/mol. The molecule has 1 aliphatic rings. The Hall–Kier alpha value is -0.870. The first-order valence-corrected chi connectivity index (χ1v) is 6.73. The summed E-state index contributed by atoms with van der Waals surface area (Å²) in [5.74, 6) is -0.00310. The SMILES string of the molecule is NC1(CNC(=O)c2ccsc2)CCCCC1. The minimum atomic E-state index is -0.177. The molecule has 1 saturated carbocycles.